The van der Waals surface area contributed by atoms with Crippen LogP contribution in [0.15, 0.2) is 255 Å². The van der Waals surface area contributed by atoms with Gasteiger partial charge in [-0.25, -0.2) is 0 Å². The van der Waals surface area contributed by atoms with Gasteiger partial charge < -0.3 is 42.5 Å². The van der Waals surface area contributed by atoms with E-state index >= 15 is 0 Å². The molecule has 25 heteroatoms. The van der Waals surface area contributed by atoms with E-state index in [1.54, 1.807) is 13.8 Å². The lowest BCUT2D eigenvalue weighted by Gasteiger charge is -2.18. The van der Waals surface area contributed by atoms with Crippen LogP contribution in [-0.4, -0.2) is 112 Å². The van der Waals surface area contributed by atoms with E-state index in [4.69, 9.17) is 68.2 Å². The maximum absolute atomic E-state index is 12.5. The smallest absolute Gasteiger partial charge is 0.396 e. The summed E-state index contributed by atoms with van der Waals surface area (Å²) in [6.45, 7) is 7.71. The second-order valence-corrected chi connectivity index (χ2v) is 32.2. The molecule has 3 N–H and O–H groups in total. The molecule has 9 aromatic carbocycles. The predicted octanol–water partition coefficient (Wildman–Crippen LogP) is 21.9. The van der Waals surface area contributed by atoms with Crippen LogP contribution >= 0.6 is 57.6 Å². The van der Waals surface area contributed by atoms with Crippen LogP contribution in [0.1, 0.15) is 114 Å². The van der Waals surface area contributed by atoms with Crippen molar-refractivity contribution in [2.24, 2.45) is 0 Å². The number of benzene rings is 9. The Morgan fingerprint density at radius 3 is 0.862 bits per heavy atom. The van der Waals surface area contributed by atoms with Crippen molar-refractivity contribution in [3.05, 3.63) is 322 Å². The highest BCUT2D eigenvalue weighted by molar-refractivity contribution is 7.87. The molecule has 15 nitrogen and oxygen atoms in total. The first-order valence-corrected chi connectivity index (χ1v) is 43.8. The molecule has 9 aromatic rings. The Hall–Kier alpha value is -6.90. The van der Waals surface area contributed by atoms with E-state index < -0.39 is 51.1 Å². The first-order chi connectivity index (χ1) is 52.5. The maximum Gasteiger partial charge on any atom is 0.523 e. The molecule has 0 aliphatic heterocycles. The Morgan fingerprint density at radius 2 is 0.615 bits per heavy atom. The molecule has 0 atom stereocenters. The second-order valence-electron chi connectivity index (χ2n) is 23.9. The molecule has 109 heavy (non-hydrogen) atoms. The topological polar surface area (TPSA) is 211 Å². The molecule has 0 saturated heterocycles. The Balaban J connectivity index is 0.000000234. The van der Waals surface area contributed by atoms with Gasteiger partial charge in [-0.3, -0.25) is 17.9 Å². The van der Waals surface area contributed by atoms with E-state index in [2.05, 4.69) is 195 Å². The SMILES string of the molecule is CCOP(=O)(COCCc1ccc(/C(=C(/CCCl)c2ccccc2)c2ccccc2)cc1)OCC.CCOP(=O)(COS(=O)(=O)C(F)(F)F)OCC.O=P(O)(O)COCCc1ccc(/C(=C(/CCCl)c2ccccc2)c2ccccc2)cc1.OCCc1ccc(/C(=C(/CCCl)c2ccccc2)c2ccccc2)cc1. The molecule has 0 amide bonds. The quantitative estimate of drug-likeness (QED) is 0.00820. The summed E-state index contributed by atoms with van der Waals surface area (Å²) in [4.78, 5) is 17.8. The number of halogens is 6. The average Bonchev–Trinajstić information content (AvgIpc) is 0.816. The van der Waals surface area contributed by atoms with Crippen LogP contribution in [0.5, 0.6) is 0 Å². The molecule has 0 heterocycles. The average molecular weight is 1630 g/mol. The van der Waals surface area contributed by atoms with Gasteiger partial charge in [0.05, 0.1) is 39.6 Å². The Labute approximate surface area is 655 Å². The molecule has 584 valence electrons. The lowest BCUT2D eigenvalue weighted by atomic mass is 9.88. The zero-order valence-corrected chi connectivity index (χ0v) is 67.2. The summed E-state index contributed by atoms with van der Waals surface area (Å²) in [6.07, 6.45) is 2.38. The van der Waals surface area contributed by atoms with Gasteiger partial charge in [-0.2, -0.15) is 21.6 Å². The van der Waals surface area contributed by atoms with E-state index in [-0.39, 0.29) is 32.8 Å². The standard InChI is InChI=1S/C29H34ClO4P.C25H26ClO4P.C24H23ClO.C6H12F3O6PS/c1-3-33-35(31,34-4-2)23-32-22-20-24-15-17-27(18-16-24)29(26-13-9-6-10-14-26)28(19-21-30)25-11-7-5-8-12-25;26-17-15-24(21-7-3-1-4-8-21)25(22-9-5-2-6-10-22)23-13-11-20(12-14-23)16-18-30-19-31(27,28)29;25-17-15-23(20-7-3-1-4-8-20)24(21-9-5-2-6-10-21)22-13-11-19(12-14-22)16-18-26;1-3-13-16(10,14-4-2)5-15-17(11,12)6(7,8)9/h5-18H,3-4,19-23H2,1-2H3;1-14H,15-19H2,(H2,27,28,29);1-14,26H,15-18H2;3-5H2,1-2H3/b29-28-;25-24-;24-23-;. The van der Waals surface area contributed by atoms with Gasteiger partial charge in [0.15, 0.2) is 6.35 Å². The molecule has 0 unspecified atom stereocenters. The molecule has 0 radical (unpaired) electrons. The van der Waals surface area contributed by atoms with Gasteiger partial charge in [-0.15, -0.1) is 34.8 Å². The summed E-state index contributed by atoms with van der Waals surface area (Å²) < 4.78 is 126. The normalized spacial score (nSPS) is 12.6. The van der Waals surface area contributed by atoms with E-state index in [9.17, 15) is 35.3 Å². The van der Waals surface area contributed by atoms with Crippen LogP contribution < -0.4 is 0 Å². The van der Waals surface area contributed by atoms with Crippen molar-refractivity contribution in [3.63, 3.8) is 0 Å². The van der Waals surface area contributed by atoms with Crippen molar-refractivity contribution in [1.29, 1.82) is 0 Å². The lowest BCUT2D eigenvalue weighted by molar-refractivity contribution is -0.0534. The Bertz CT molecular complexity index is 4450. The highest BCUT2D eigenvalue weighted by Gasteiger charge is 2.48. The third kappa shape index (κ3) is 31.0. The molecule has 0 saturated carbocycles. The summed E-state index contributed by atoms with van der Waals surface area (Å²) in [5.41, 5.74) is 15.4. The zero-order chi connectivity index (χ0) is 79.0. The highest BCUT2D eigenvalue weighted by atomic mass is 35.5. The largest absolute Gasteiger partial charge is 0.523 e. The van der Waals surface area contributed by atoms with Crippen LogP contribution in [0.25, 0.3) is 33.4 Å². The number of hydrogen-bond donors (Lipinski definition) is 3. The fourth-order valence-electron chi connectivity index (χ4n) is 11.4. The van der Waals surface area contributed by atoms with Crippen molar-refractivity contribution in [2.45, 2.75) is 71.7 Å². The van der Waals surface area contributed by atoms with Crippen LogP contribution in [0.4, 0.5) is 13.2 Å². The van der Waals surface area contributed by atoms with Gasteiger partial charge in [-0.05, 0) is 166 Å². The van der Waals surface area contributed by atoms with E-state index in [1.807, 2.05) is 72.8 Å². The Morgan fingerprint density at radius 1 is 0.367 bits per heavy atom. The molecular formula is C84H95Cl3F3O15P3S. The summed E-state index contributed by atoms with van der Waals surface area (Å²) in [5, 5.41) is 9.16. The van der Waals surface area contributed by atoms with Crippen molar-refractivity contribution >= 4 is 101 Å². The van der Waals surface area contributed by atoms with E-state index in [0.717, 1.165) is 69.3 Å². The molecule has 0 spiro atoms. The number of aliphatic hydroxyl groups excluding tert-OH is 1. The lowest BCUT2D eigenvalue weighted by Crippen LogP contribution is -2.26. The van der Waals surface area contributed by atoms with Gasteiger partial charge in [0, 0.05) is 24.2 Å². The van der Waals surface area contributed by atoms with Crippen molar-refractivity contribution in [2.75, 3.05) is 82.9 Å². The van der Waals surface area contributed by atoms with Gasteiger partial charge in [-0.1, -0.05) is 255 Å². The fourth-order valence-corrected chi connectivity index (χ4v) is 15.9. The van der Waals surface area contributed by atoms with Crippen LogP contribution in [0.3, 0.4) is 0 Å². The van der Waals surface area contributed by atoms with E-state index in [0.29, 0.717) is 56.7 Å². The summed E-state index contributed by atoms with van der Waals surface area (Å²) >= 11 is 18.6. The number of ether oxygens (including phenoxy) is 2. The Kier molecular flexibility index (Phi) is 40.2. The first-order valence-electron chi connectivity index (χ1n) is 35.5. The number of aliphatic hydroxyl groups is 1. The first kappa shape index (κ1) is 91.0. The number of allylic oxidation sites excluding steroid dienone is 3. The third-order valence-electron chi connectivity index (χ3n) is 16.2. The summed E-state index contributed by atoms with van der Waals surface area (Å²) in [7, 11) is -17.1. The molecule has 0 aliphatic carbocycles. The van der Waals surface area contributed by atoms with Crippen molar-refractivity contribution in [1.82, 2.24) is 0 Å². The minimum atomic E-state index is -5.80. The van der Waals surface area contributed by atoms with Gasteiger partial charge in [0.1, 0.15) is 12.7 Å². The predicted molar refractivity (Wildman–Crippen MR) is 436 cm³/mol. The van der Waals surface area contributed by atoms with Gasteiger partial charge >= 0.3 is 38.4 Å². The third-order valence-corrected chi connectivity index (χ3v) is 22.0. The fraction of sp³-hybridized carbons (Fsp3) is 0.286. The highest BCUT2D eigenvalue weighted by Crippen LogP contribution is 2.50. The molecule has 9 rings (SSSR count). The summed E-state index contributed by atoms with van der Waals surface area (Å²) in [6, 6.07) is 87.6. The monoisotopic (exact) mass is 1630 g/mol. The number of rotatable bonds is 38. The molecule has 0 aromatic heterocycles. The second kappa shape index (κ2) is 48.1. The maximum atomic E-state index is 12.5. The molecule has 0 bridgehead atoms. The molecular weight excluding hydrogens is 1540 g/mol. The van der Waals surface area contributed by atoms with Gasteiger partial charge in [0.2, 0.25) is 0 Å². The number of alkyl halides is 6. The van der Waals surface area contributed by atoms with E-state index in [1.165, 1.54) is 64.0 Å². The van der Waals surface area contributed by atoms with Crippen LogP contribution in [-0.2, 0) is 74.8 Å². The van der Waals surface area contributed by atoms with Crippen LogP contribution in [0, 0.1) is 0 Å². The summed E-state index contributed by atoms with van der Waals surface area (Å²) in [5.74, 6) is 1.64. The minimum absolute atomic E-state index is 0.0352. The molecule has 0 fully saturated rings. The van der Waals surface area contributed by atoms with Crippen molar-refractivity contribution < 1.29 is 81.9 Å². The minimum Gasteiger partial charge on any atom is -0.396 e. The number of hydrogen-bond acceptors (Lipinski definition) is 13. The van der Waals surface area contributed by atoms with Gasteiger partial charge in [0.25, 0.3) is 0 Å². The van der Waals surface area contributed by atoms with Crippen molar-refractivity contribution in [3.8, 4) is 0 Å². The van der Waals surface area contributed by atoms with Crippen LogP contribution in [0.2, 0.25) is 0 Å². The molecule has 0 aliphatic rings. The zero-order valence-electron chi connectivity index (χ0n) is 61.4.